The number of carbonyl (C=O) groups is 2. The molecule has 0 aromatic heterocycles. The second-order valence-corrected chi connectivity index (χ2v) is 20.8. The summed E-state index contributed by atoms with van der Waals surface area (Å²) in [6.07, 6.45) is 33.2. The van der Waals surface area contributed by atoms with E-state index in [2.05, 4.69) is 79.4 Å². The zero-order valence-corrected chi connectivity index (χ0v) is 40.1. The molecule has 0 atom stereocenters. The van der Waals surface area contributed by atoms with E-state index in [1.165, 1.54) is 103 Å². The molecule has 2 saturated heterocycles. The van der Waals surface area contributed by atoms with Gasteiger partial charge in [-0.15, -0.1) is 0 Å². The minimum atomic E-state index is -0.204. The fourth-order valence-corrected chi connectivity index (χ4v) is 10.1. The van der Waals surface area contributed by atoms with Crippen molar-refractivity contribution in [2.24, 2.45) is 0 Å². The van der Waals surface area contributed by atoms with Gasteiger partial charge in [0.1, 0.15) is 12.2 Å². The molecular formula is C50H96N2O6. The van der Waals surface area contributed by atoms with E-state index >= 15 is 0 Å². The van der Waals surface area contributed by atoms with Crippen LogP contribution in [0.25, 0.3) is 0 Å². The second-order valence-electron chi connectivity index (χ2n) is 20.8. The Kier molecular flexibility index (Phi) is 25.9. The summed E-state index contributed by atoms with van der Waals surface area (Å²) in [6.45, 7) is 23.8. The fourth-order valence-electron chi connectivity index (χ4n) is 10.1. The zero-order chi connectivity index (χ0) is 42.9. The Morgan fingerprint density at radius 1 is 0.397 bits per heavy atom. The van der Waals surface area contributed by atoms with Crippen LogP contribution in [0.4, 0.5) is 0 Å². The van der Waals surface area contributed by atoms with Crippen LogP contribution in [0.1, 0.15) is 262 Å². The largest absolute Gasteiger partial charge is 0.462 e. The first-order valence-corrected chi connectivity index (χ1v) is 24.8. The van der Waals surface area contributed by atoms with Gasteiger partial charge >= 0.3 is 11.9 Å². The lowest BCUT2D eigenvalue weighted by molar-refractivity contribution is -0.293. The second kappa shape index (κ2) is 28.4. The average molecular weight is 821 g/mol. The minimum absolute atomic E-state index is 0.0778. The molecule has 0 unspecified atom stereocenters. The van der Waals surface area contributed by atoms with Crippen LogP contribution < -0.4 is 0 Å². The van der Waals surface area contributed by atoms with Gasteiger partial charge in [-0.3, -0.25) is 19.3 Å². The molecule has 58 heavy (non-hydrogen) atoms. The summed E-state index contributed by atoms with van der Waals surface area (Å²) < 4.78 is 12.1. The molecule has 2 aliphatic rings. The lowest BCUT2D eigenvalue weighted by Gasteiger charge is -2.53. The lowest BCUT2D eigenvalue weighted by Crippen LogP contribution is -2.62. The first-order chi connectivity index (χ1) is 27.5. The van der Waals surface area contributed by atoms with Gasteiger partial charge in [0.05, 0.1) is 13.2 Å². The van der Waals surface area contributed by atoms with Gasteiger partial charge in [-0.25, -0.2) is 0 Å². The molecule has 8 heteroatoms. The van der Waals surface area contributed by atoms with E-state index in [0.717, 1.165) is 90.3 Å². The molecule has 2 rings (SSSR count). The molecule has 2 aliphatic heterocycles. The third kappa shape index (κ3) is 21.5. The molecule has 0 N–H and O–H groups in total. The van der Waals surface area contributed by atoms with Gasteiger partial charge in [-0.1, -0.05) is 142 Å². The highest BCUT2D eigenvalue weighted by Crippen LogP contribution is 2.41. The number of carbonyl (C=O) groups excluding carboxylic acids is 2. The van der Waals surface area contributed by atoms with Crippen LogP contribution in [0.15, 0.2) is 0 Å². The van der Waals surface area contributed by atoms with Crippen molar-refractivity contribution >= 4 is 11.9 Å². The van der Waals surface area contributed by atoms with Crippen LogP contribution in [0, 0.1) is 0 Å². The molecule has 8 nitrogen and oxygen atoms in total. The molecule has 2 heterocycles. The zero-order valence-electron chi connectivity index (χ0n) is 40.1. The topological polar surface area (TPSA) is 77.5 Å². The number of hydrogen-bond donors (Lipinski definition) is 0. The maximum Gasteiger partial charge on any atom is 0.306 e. The van der Waals surface area contributed by atoms with Crippen LogP contribution in [0.5, 0.6) is 0 Å². The number of esters is 2. The van der Waals surface area contributed by atoms with Gasteiger partial charge in [0.15, 0.2) is 0 Å². The number of nitrogens with zero attached hydrogens (tertiary/aromatic N) is 2. The lowest BCUT2D eigenvalue weighted by atomic mass is 9.80. The van der Waals surface area contributed by atoms with Crippen LogP contribution >= 0.6 is 0 Å². The molecule has 0 spiro atoms. The molecule has 0 amide bonds. The maximum absolute atomic E-state index is 12.9. The maximum atomic E-state index is 12.9. The Bertz CT molecular complexity index is 970. The van der Waals surface area contributed by atoms with E-state index in [-0.39, 0.29) is 46.3 Å². The van der Waals surface area contributed by atoms with Gasteiger partial charge in [0, 0.05) is 60.7 Å². The van der Waals surface area contributed by atoms with Crippen molar-refractivity contribution in [3.05, 3.63) is 0 Å². The number of hydroxylamine groups is 4. The normalized spacial score (nSPS) is 19.7. The number of rotatable bonds is 33. The fraction of sp³-hybridized carbons (Fsp3) is 0.960. The summed E-state index contributed by atoms with van der Waals surface area (Å²) in [5, 5.41) is 4.38. The highest BCUT2D eigenvalue weighted by Gasteiger charge is 2.49. The first kappa shape index (κ1) is 52.9. The predicted octanol–water partition coefficient (Wildman–Crippen LogP) is 14.2. The monoisotopic (exact) mass is 821 g/mol. The van der Waals surface area contributed by atoms with E-state index in [4.69, 9.17) is 19.1 Å². The molecule has 0 saturated carbocycles. The van der Waals surface area contributed by atoms with E-state index in [9.17, 15) is 9.59 Å². The van der Waals surface area contributed by atoms with Gasteiger partial charge in [-0.05, 0) is 81.1 Å². The molecule has 2 fully saturated rings. The van der Waals surface area contributed by atoms with Crippen LogP contribution in [0.3, 0.4) is 0 Å². The van der Waals surface area contributed by atoms with Crippen molar-refractivity contribution in [1.29, 1.82) is 0 Å². The summed E-state index contributed by atoms with van der Waals surface area (Å²) in [5.41, 5.74) is -0.817. The summed E-state index contributed by atoms with van der Waals surface area (Å²) in [6, 6.07) is 0. The molecule has 0 aliphatic carbocycles. The van der Waals surface area contributed by atoms with Crippen molar-refractivity contribution in [2.75, 3.05) is 13.2 Å². The van der Waals surface area contributed by atoms with Crippen LogP contribution in [-0.2, 0) is 28.7 Å². The summed E-state index contributed by atoms with van der Waals surface area (Å²) in [4.78, 5) is 38.5. The smallest absolute Gasteiger partial charge is 0.306 e. The Labute approximate surface area is 359 Å². The van der Waals surface area contributed by atoms with E-state index < -0.39 is 0 Å². The number of hydrogen-bond acceptors (Lipinski definition) is 8. The Hall–Kier alpha value is -1.22. The summed E-state index contributed by atoms with van der Waals surface area (Å²) >= 11 is 0. The molecular weight excluding hydrogens is 725 g/mol. The standard InChI is InChI=1S/C50H96N2O6/c1-11-13-15-17-19-21-25-29-33-37-55-51-47(3,4)39-43(40-48(51,5)6)57-45(53)35-31-27-23-24-28-32-36-46(54)58-44-41-49(7,8)52(50(9,10)42-44)56-38-34-30-26-22-20-18-16-14-12-2/h43-44H,11-42H2,1-10H3. The predicted molar refractivity (Wildman–Crippen MR) is 242 cm³/mol. The minimum Gasteiger partial charge on any atom is -0.462 e. The molecule has 0 aromatic carbocycles. The SMILES string of the molecule is CCCCCCCCCCCON1C(C)(C)CC(OC(=O)CCCCCCCCC(=O)OC2CC(C)(C)N(OCCCCCCCCCCC)C(C)(C)C2)CC1(C)C. The van der Waals surface area contributed by atoms with Crippen LogP contribution in [0.2, 0.25) is 0 Å². The Morgan fingerprint density at radius 2 is 0.638 bits per heavy atom. The highest BCUT2D eigenvalue weighted by atomic mass is 16.7. The third-order valence-electron chi connectivity index (χ3n) is 12.7. The Morgan fingerprint density at radius 3 is 0.914 bits per heavy atom. The number of ether oxygens (including phenoxy) is 2. The first-order valence-electron chi connectivity index (χ1n) is 24.8. The molecule has 0 aromatic rings. The van der Waals surface area contributed by atoms with Crippen molar-refractivity contribution in [1.82, 2.24) is 10.1 Å². The van der Waals surface area contributed by atoms with Crippen LogP contribution in [-0.4, -0.2) is 69.6 Å². The van der Waals surface area contributed by atoms with Crippen molar-refractivity contribution in [3.63, 3.8) is 0 Å². The molecule has 0 radical (unpaired) electrons. The number of piperidine rings is 2. The number of unbranched alkanes of at least 4 members (excludes halogenated alkanes) is 21. The Balaban J connectivity index is 1.55. The van der Waals surface area contributed by atoms with Crippen molar-refractivity contribution < 1.29 is 28.7 Å². The van der Waals surface area contributed by atoms with Crippen molar-refractivity contribution in [2.45, 2.75) is 296 Å². The third-order valence-corrected chi connectivity index (χ3v) is 12.7. The van der Waals surface area contributed by atoms with E-state index in [1.54, 1.807) is 0 Å². The average Bonchev–Trinajstić information content (AvgIpc) is 3.11. The van der Waals surface area contributed by atoms with Crippen molar-refractivity contribution in [3.8, 4) is 0 Å². The molecule has 0 bridgehead atoms. The van der Waals surface area contributed by atoms with Gasteiger partial charge in [0.2, 0.25) is 0 Å². The van der Waals surface area contributed by atoms with E-state index in [0.29, 0.717) is 12.8 Å². The van der Waals surface area contributed by atoms with Gasteiger partial charge in [-0.2, -0.15) is 10.1 Å². The van der Waals surface area contributed by atoms with Gasteiger partial charge in [0.25, 0.3) is 0 Å². The summed E-state index contributed by atoms with van der Waals surface area (Å²) in [7, 11) is 0. The highest BCUT2D eigenvalue weighted by molar-refractivity contribution is 5.70. The van der Waals surface area contributed by atoms with E-state index in [1.807, 2.05) is 0 Å². The summed E-state index contributed by atoms with van der Waals surface area (Å²) in [5.74, 6) is -0.156. The quantitative estimate of drug-likeness (QED) is 0.0478. The molecule has 342 valence electrons. The van der Waals surface area contributed by atoms with Gasteiger partial charge < -0.3 is 9.47 Å².